The zero-order chi connectivity index (χ0) is 14.4. The molecule has 1 aromatic rings. The lowest BCUT2D eigenvalue weighted by Gasteiger charge is -2.12. The molecule has 0 fully saturated rings. The van der Waals surface area contributed by atoms with Gasteiger partial charge in [0, 0.05) is 6.54 Å². The summed E-state index contributed by atoms with van der Waals surface area (Å²) in [5.74, 6) is -1.39. The van der Waals surface area contributed by atoms with E-state index in [2.05, 4.69) is 10.6 Å². The van der Waals surface area contributed by atoms with E-state index >= 15 is 0 Å². The summed E-state index contributed by atoms with van der Waals surface area (Å²) < 4.78 is 4.92. The molecule has 0 aliphatic rings. The van der Waals surface area contributed by atoms with E-state index in [1.807, 2.05) is 0 Å². The van der Waals surface area contributed by atoms with Crippen molar-refractivity contribution in [2.75, 3.05) is 12.3 Å². The lowest BCUT2D eigenvalue weighted by atomic mass is 10.3. The molecule has 1 heterocycles. The number of carbonyl (C=O) groups is 3. The second kappa shape index (κ2) is 6.74. The van der Waals surface area contributed by atoms with Crippen molar-refractivity contribution in [2.24, 2.45) is 0 Å². The molecule has 0 radical (unpaired) electrons. The number of nitrogens with two attached hydrogens (primary N) is 1. The summed E-state index contributed by atoms with van der Waals surface area (Å²) in [6.07, 6.45) is -1.09. The number of esters is 1. The Kier molecular flexibility index (Phi) is 5.31. The minimum Gasteiger partial charge on any atom is -0.448 e. The first kappa shape index (κ1) is 15.0. The molecule has 1 unspecified atom stereocenters. The zero-order valence-corrected chi connectivity index (χ0v) is 11.4. The maximum absolute atomic E-state index is 11.7. The molecule has 0 aliphatic heterocycles. The van der Waals surface area contributed by atoms with Crippen LogP contribution in [0.1, 0.15) is 23.5 Å². The van der Waals surface area contributed by atoms with E-state index in [9.17, 15) is 14.4 Å². The van der Waals surface area contributed by atoms with E-state index in [1.54, 1.807) is 18.4 Å². The highest BCUT2D eigenvalue weighted by Crippen LogP contribution is 2.20. The Morgan fingerprint density at radius 1 is 1.47 bits per heavy atom. The summed E-state index contributed by atoms with van der Waals surface area (Å²) in [5.41, 5.74) is 5.86. The van der Waals surface area contributed by atoms with Crippen LogP contribution in [0, 0.1) is 0 Å². The predicted octanol–water partition coefficient (Wildman–Crippen LogP) is 0.721. The van der Waals surface area contributed by atoms with Crippen LogP contribution in [0.2, 0.25) is 0 Å². The van der Waals surface area contributed by atoms with Gasteiger partial charge in [-0.3, -0.25) is 10.1 Å². The van der Waals surface area contributed by atoms with Crippen LogP contribution in [0.25, 0.3) is 0 Å². The van der Waals surface area contributed by atoms with Crippen molar-refractivity contribution in [3.63, 3.8) is 0 Å². The number of anilines is 1. The average molecular weight is 285 g/mol. The molecule has 0 saturated heterocycles. The van der Waals surface area contributed by atoms with Crippen LogP contribution < -0.4 is 16.4 Å². The molecule has 1 atom stereocenters. The predicted molar refractivity (Wildman–Crippen MR) is 70.8 cm³/mol. The second-order valence-electron chi connectivity index (χ2n) is 3.60. The molecule has 104 valence electrons. The molecule has 4 N–H and O–H groups in total. The molecule has 19 heavy (non-hydrogen) atoms. The molecule has 0 bridgehead atoms. The Hall–Kier alpha value is -2.09. The normalized spacial score (nSPS) is 11.5. The highest BCUT2D eigenvalue weighted by atomic mass is 32.1. The van der Waals surface area contributed by atoms with E-state index in [4.69, 9.17) is 10.5 Å². The smallest absolute Gasteiger partial charge is 0.351 e. The van der Waals surface area contributed by atoms with Gasteiger partial charge in [0.25, 0.3) is 5.91 Å². The minimum atomic E-state index is -1.09. The third-order valence-electron chi connectivity index (χ3n) is 2.11. The molecule has 0 aliphatic carbocycles. The van der Waals surface area contributed by atoms with Crippen molar-refractivity contribution < 1.29 is 19.1 Å². The van der Waals surface area contributed by atoms with Crippen LogP contribution in [-0.4, -0.2) is 30.6 Å². The molecule has 0 spiro atoms. The van der Waals surface area contributed by atoms with Gasteiger partial charge in [-0.2, -0.15) is 0 Å². The van der Waals surface area contributed by atoms with E-state index in [0.29, 0.717) is 12.2 Å². The first-order valence-corrected chi connectivity index (χ1v) is 6.46. The third-order valence-corrected chi connectivity index (χ3v) is 3.02. The Balaban J connectivity index is 2.53. The third kappa shape index (κ3) is 4.25. The largest absolute Gasteiger partial charge is 0.448 e. The van der Waals surface area contributed by atoms with Gasteiger partial charge in [-0.25, -0.2) is 9.59 Å². The van der Waals surface area contributed by atoms with Gasteiger partial charge in [-0.1, -0.05) is 0 Å². The van der Waals surface area contributed by atoms with Gasteiger partial charge in [-0.05, 0) is 25.3 Å². The van der Waals surface area contributed by atoms with Crippen LogP contribution in [0.4, 0.5) is 10.5 Å². The van der Waals surface area contributed by atoms with E-state index in [-0.39, 0.29) is 4.88 Å². The van der Waals surface area contributed by atoms with Crippen LogP contribution in [0.3, 0.4) is 0 Å². The Bertz CT molecular complexity index is 486. The zero-order valence-electron chi connectivity index (χ0n) is 10.6. The van der Waals surface area contributed by atoms with Crippen molar-refractivity contribution in [1.82, 2.24) is 10.6 Å². The highest BCUT2D eigenvalue weighted by molar-refractivity contribution is 7.12. The number of nitrogen functional groups attached to an aromatic ring is 1. The maximum Gasteiger partial charge on any atom is 0.351 e. The van der Waals surface area contributed by atoms with E-state index in [0.717, 1.165) is 11.3 Å². The molecular weight excluding hydrogens is 270 g/mol. The number of urea groups is 1. The first-order valence-electron chi connectivity index (χ1n) is 5.58. The Labute approximate surface area is 114 Å². The van der Waals surface area contributed by atoms with Crippen LogP contribution in [0.5, 0.6) is 0 Å². The van der Waals surface area contributed by atoms with Gasteiger partial charge >= 0.3 is 12.0 Å². The Morgan fingerprint density at radius 2 is 2.16 bits per heavy atom. The van der Waals surface area contributed by atoms with Gasteiger partial charge < -0.3 is 15.8 Å². The highest BCUT2D eigenvalue weighted by Gasteiger charge is 2.22. The van der Waals surface area contributed by atoms with Gasteiger partial charge in [0.05, 0.1) is 5.69 Å². The topological polar surface area (TPSA) is 111 Å². The SMILES string of the molecule is CCNC(=O)NC(=O)C(C)OC(=O)c1sccc1N. The number of nitrogens with one attached hydrogen (secondary N) is 2. The van der Waals surface area contributed by atoms with Crippen LogP contribution >= 0.6 is 11.3 Å². The molecule has 1 aromatic heterocycles. The average Bonchev–Trinajstić information content (AvgIpc) is 2.75. The van der Waals surface area contributed by atoms with Crippen molar-refractivity contribution in [1.29, 1.82) is 0 Å². The van der Waals surface area contributed by atoms with Gasteiger partial charge in [0.2, 0.25) is 0 Å². The first-order chi connectivity index (χ1) is 8.95. The molecule has 8 heteroatoms. The molecule has 3 amide bonds. The standard InChI is InChI=1S/C11H15N3O4S/c1-3-13-11(17)14-9(15)6(2)18-10(16)8-7(12)4-5-19-8/h4-6H,3,12H2,1-2H3,(H2,13,14,15,17). The number of imide groups is 1. The monoisotopic (exact) mass is 285 g/mol. The molecule has 0 saturated carbocycles. The maximum atomic E-state index is 11.7. The molecule has 1 rings (SSSR count). The van der Waals surface area contributed by atoms with Crippen molar-refractivity contribution in [3.8, 4) is 0 Å². The Morgan fingerprint density at radius 3 is 2.68 bits per heavy atom. The number of hydrogen-bond acceptors (Lipinski definition) is 6. The fourth-order valence-corrected chi connectivity index (χ4v) is 1.87. The lowest BCUT2D eigenvalue weighted by Crippen LogP contribution is -2.44. The van der Waals surface area contributed by atoms with Gasteiger partial charge in [0.1, 0.15) is 4.88 Å². The number of ether oxygens (including phenoxy) is 1. The van der Waals surface area contributed by atoms with Crippen molar-refractivity contribution in [3.05, 3.63) is 16.3 Å². The van der Waals surface area contributed by atoms with Gasteiger partial charge in [0.15, 0.2) is 6.10 Å². The fraction of sp³-hybridized carbons (Fsp3) is 0.364. The summed E-state index contributed by atoms with van der Waals surface area (Å²) in [6.45, 7) is 3.47. The summed E-state index contributed by atoms with van der Waals surface area (Å²) >= 11 is 1.12. The summed E-state index contributed by atoms with van der Waals surface area (Å²) in [4.78, 5) is 34.6. The van der Waals surface area contributed by atoms with Crippen LogP contribution in [0.15, 0.2) is 11.4 Å². The summed E-state index contributed by atoms with van der Waals surface area (Å²) in [5, 5.41) is 6.09. The molecule has 0 aromatic carbocycles. The van der Waals surface area contributed by atoms with E-state index in [1.165, 1.54) is 6.92 Å². The summed E-state index contributed by atoms with van der Waals surface area (Å²) in [7, 11) is 0. The fourth-order valence-electron chi connectivity index (χ4n) is 1.17. The number of hydrogen-bond donors (Lipinski definition) is 3. The number of amides is 3. The van der Waals surface area contributed by atoms with E-state index < -0.39 is 24.0 Å². The summed E-state index contributed by atoms with van der Waals surface area (Å²) in [6, 6.07) is 0.937. The lowest BCUT2D eigenvalue weighted by molar-refractivity contribution is -0.127. The number of thiophene rings is 1. The number of rotatable bonds is 4. The minimum absolute atomic E-state index is 0.234. The van der Waals surface area contributed by atoms with Crippen LogP contribution in [-0.2, 0) is 9.53 Å². The number of carbonyl (C=O) groups excluding carboxylic acids is 3. The van der Waals surface area contributed by atoms with Gasteiger partial charge in [-0.15, -0.1) is 11.3 Å². The van der Waals surface area contributed by atoms with Crippen molar-refractivity contribution >= 4 is 34.9 Å². The molecular formula is C11H15N3O4S. The molecule has 7 nitrogen and oxygen atoms in total. The quantitative estimate of drug-likeness (QED) is 0.706. The second-order valence-corrected chi connectivity index (χ2v) is 4.52. The van der Waals surface area contributed by atoms with Crippen molar-refractivity contribution in [2.45, 2.75) is 20.0 Å².